The van der Waals surface area contributed by atoms with Crippen molar-refractivity contribution in [1.82, 2.24) is 9.80 Å². The number of halogens is 1. The average molecular weight is 349 g/mol. The lowest BCUT2D eigenvalue weighted by molar-refractivity contribution is -0.144. The van der Waals surface area contributed by atoms with Crippen LogP contribution < -0.4 is 0 Å². The first-order chi connectivity index (χ1) is 9.27. The van der Waals surface area contributed by atoms with Crippen LogP contribution in [0.15, 0.2) is 0 Å². The van der Waals surface area contributed by atoms with E-state index < -0.39 is 5.54 Å². The van der Waals surface area contributed by atoms with Crippen LogP contribution in [-0.2, 0) is 14.3 Å². The number of urea groups is 1. The molecule has 1 rings (SSSR count). The zero-order valence-corrected chi connectivity index (χ0v) is 13.9. The molecule has 0 aliphatic carbocycles. The third-order valence-electron chi connectivity index (χ3n) is 3.78. The van der Waals surface area contributed by atoms with Crippen LogP contribution in [0.3, 0.4) is 0 Å². The van der Waals surface area contributed by atoms with Gasteiger partial charge in [0.05, 0.1) is 13.0 Å². The van der Waals surface area contributed by atoms with Crippen LogP contribution in [0.25, 0.3) is 0 Å². The monoisotopic (exact) mass is 348 g/mol. The molecule has 20 heavy (non-hydrogen) atoms. The first-order valence-corrected chi connectivity index (χ1v) is 7.63. The number of hydrogen-bond donors (Lipinski definition) is 0. The van der Waals surface area contributed by atoms with E-state index >= 15 is 0 Å². The predicted molar refractivity (Wildman–Crippen MR) is 77.5 cm³/mol. The summed E-state index contributed by atoms with van der Waals surface area (Å²) in [5.41, 5.74) is -0.797. The summed E-state index contributed by atoms with van der Waals surface area (Å²) < 4.78 is 4.69. The fourth-order valence-electron chi connectivity index (χ4n) is 2.10. The molecule has 0 aromatic carbocycles. The highest BCUT2D eigenvalue weighted by molar-refractivity contribution is 9.09. The Bertz CT molecular complexity index is 411. The molecular formula is C13H21BrN2O4. The number of esters is 1. The summed E-state index contributed by atoms with van der Waals surface area (Å²) >= 11 is 3.27. The summed E-state index contributed by atoms with van der Waals surface area (Å²) in [5.74, 6) is -0.726. The van der Waals surface area contributed by atoms with Crippen LogP contribution in [0.5, 0.6) is 0 Å². The minimum Gasteiger partial charge on any atom is -0.469 e. The quantitative estimate of drug-likeness (QED) is 0.415. The third kappa shape index (κ3) is 3.13. The van der Waals surface area contributed by atoms with Crippen LogP contribution in [0.1, 0.15) is 26.7 Å². The highest BCUT2D eigenvalue weighted by atomic mass is 79.9. The number of likely N-dealkylation sites (N-methyl/N-ethyl adjacent to an activating group) is 1. The molecule has 0 spiro atoms. The molecular weight excluding hydrogens is 328 g/mol. The lowest BCUT2D eigenvalue weighted by atomic mass is 10.0. The molecule has 0 radical (unpaired) electrons. The number of imide groups is 1. The van der Waals surface area contributed by atoms with E-state index in [1.165, 1.54) is 16.9 Å². The Labute approximate surface area is 127 Å². The second kappa shape index (κ2) is 6.56. The predicted octanol–water partition coefficient (Wildman–Crippen LogP) is 1.62. The van der Waals surface area contributed by atoms with Crippen molar-refractivity contribution in [3.63, 3.8) is 0 Å². The maximum atomic E-state index is 12.1. The molecule has 0 aromatic rings. The molecule has 1 aliphatic heterocycles. The number of carbonyl (C=O) groups excluding carboxylic acids is 3. The molecule has 1 unspecified atom stereocenters. The number of nitrogens with zero attached hydrogens (tertiary/aromatic N) is 2. The lowest BCUT2D eigenvalue weighted by Gasteiger charge is -2.22. The zero-order valence-electron chi connectivity index (χ0n) is 12.3. The van der Waals surface area contributed by atoms with Crippen molar-refractivity contribution in [2.24, 2.45) is 5.92 Å². The first kappa shape index (κ1) is 16.9. The summed E-state index contributed by atoms with van der Waals surface area (Å²) in [6.07, 6.45) is 1.14. The second-order valence-corrected chi connectivity index (χ2v) is 6.02. The zero-order chi connectivity index (χ0) is 15.5. The van der Waals surface area contributed by atoms with Gasteiger partial charge in [0.1, 0.15) is 5.54 Å². The molecule has 1 aliphatic rings. The maximum absolute atomic E-state index is 12.1. The summed E-state index contributed by atoms with van der Waals surface area (Å²) in [7, 11) is 2.97. The Balaban J connectivity index is 2.56. The fourth-order valence-corrected chi connectivity index (χ4v) is 2.69. The topological polar surface area (TPSA) is 66.9 Å². The van der Waals surface area contributed by atoms with Gasteiger partial charge in [0, 0.05) is 18.9 Å². The summed E-state index contributed by atoms with van der Waals surface area (Å²) in [6, 6.07) is -0.284. The van der Waals surface area contributed by atoms with Crippen molar-refractivity contribution in [2.45, 2.75) is 32.2 Å². The average Bonchev–Trinajstić information content (AvgIpc) is 2.57. The van der Waals surface area contributed by atoms with Gasteiger partial charge in [0.2, 0.25) is 0 Å². The first-order valence-electron chi connectivity index (χ1n) is 6.51. The SMILES string of the molecule is COC(=O)C(CBr)CCCN1C(=O)N(C)C(C)(C)C1=O. The molecule has 1 fully saturated rings. The van der Waals surface area contributed by atoms with Gasteiger partial charge < -0.3 is 9.64 Å². The van der Waals surface area contributed by atoms with Gasteiger partial charge >= 0.3 is 12.0 Å². The van der Waals surface area contributed by atoms with Crippen molar-refractivity contribution in [1.29, 1.82) is 0 Å². The summed E-state index contributed by atoms with van der Waals surface area (Å²) in [4.78, 5) is 38.3. The molecule has 6 nitrogen and oxygen atoms in total. The van der Waals surface area contributed by atoms with Gasteiger partial charge in [-0.05, 0) is 26.7 Å². The van der Waals surface area contributed by atoms with E-state index in [4.69, 9.17) is 4.74 Å². The maximum Gasteiger partial charge on any atom is 0.327 e. The molecule has 0 aromatic heterocycles. The molecule has 0 saturated carbocycles. The lowest BCUT2D eigenvalue weighted by Crippen LogP contribution is -2.41. The van der Waals surface area contributed by atoms with Crippen molar-refractivity contribution >= 4 is 33.8 Å². The largest absolute Gasteiger partial charge is 0.469 e. The van der Waals surface area contributed by atoms with Crippen molar-refractivity contribution in [2.75, 3.05) is 26.0 Å². The van der Waals surface area contributed by atoms with E-state index in [1.807, 2.05) is 0 Å². The van der Waals surface area contributed by atoms with E-state index in [-0.39, 0.29) is 23.8 Å². The number of alkyl halides is 1. The molecule has 114 valence electrons. The Kier molecular flexibility index (Phi) is 5.56. The molecule has 0 N–H and O–H groups in total. The van der Waals surface area contributed by atoms with E-state index in [9.17, 15) is 14.4 Å². The van der Waals surface area contributed by atoms with Crippen molar-refractivity contribution in [3.8, 4) is 0 Å². The van der Waals surface area contributed by atoms with Gasteiger partial charge in [-0.15, -0.1) is 0 Å². The van der Waals surface area contributed by atoms with E-state index in [1.54, 1.807) is 20.9 Å². The smallest absolute Gasteiger partial charge is 0.327 e. The molecule has 0 bridgehead atoms. The van der Waals surface area contributed by atoms with Gasteiger partial charge in [-0.2, -0.15) is 0 Å². The molecule has 3 amide bonds. The normalized spacial score (nSPS) is 19.4. The summed E-state index contributed by atoms with van der Waals surface area (Å²) in [6.45, 7) is 3.78. The Morgan fingerprint density at radius 3 is 2.40 bits per heavy atom. The van der Waals surface area contributed by atoms with Crippen LogP contribution in [-0.4, -0.2) is 59.3 Å². The van der Waals surface area contributed by atoms with Crippen LogP contribution in [0, 0.1) is 5.92 Å². The Morgan fingerprint density at radius 2 is 2.00 bits per heavy atom. The number of amides is 3. The van der Waals surface area contributed by atoms with Crippen LogP contribution in [0.2, 0.25) is 0 Å². The van der Waals surface area contributed by atoms with Crippen molar-refractivity contribution < 1.29 is 19.1 Å². The number of hydrogen-bond acceptors (Lipinski definition) is 4. The molecule has 1 heterocycles. The van der Waals surface area contributed by atoms with Crippen molar-refractivity contribution in [3.05, 3.63) is 0 Å². The van der Waals surface area contributed by atoms with Gasteiger partial charge in [-0.25, -0.2) is 4.79 Å². The van der Waals surface area contributed by atoms with Crippen LogP contribution >= 0.6 is 15.9 Å². The molecule has 1 saturated heterocycles. The fraction of sp³-hybridized carbons (Fsp3) is 0.769. The Hall–Kier alpha value is -1.11. The Morgan fingerprint density at radius 1 is 1.40 bits per heavy atom. The highest BCUT2D eigenvalue weighted by Crippen LogP contribution is 2.26. The van der Waals surface area contributed by atoms with Gasteiger partial charge in [0.15, 0.2) is 0 Å². The minimum atomic E-state index is -0.797. The molecule has 7 heteroatoms. The number of carbonyl (C=O) groups is 3. The van der Waals surface area contributed by atoms with Crippen LogP contribution in [0.4, 0.5) is 4.79 Å². The van der Waals surface area contributed by atoms with E-state index in [0.29, 0.717) is 24.7 Å². The van der Waals surface area contributed by atoms with E-state index in [2.05, 4.69) is 15.9 Å². The molecule has 1 atom stereocenters. The van der Waals surface area contributed by atoms with Gasteiger partial charge in [-0.1, -0.05) is 15.9 Å². The summed E-state index contributed by atoms with van der Waals surface area (Å²) in [5, 5.41) is 0.507. The second-order valence-electron chi connectivity index (χ2n) is 5.37. The number of rotatable bonds is 6. The number of methoxy groups -OCH3 is 1. The highest BCUT2D eigenvalue weighted by Gasteiger charge is 2.48. The third-order valence-corrected chi connectivity index (χ3v) is 4.56. The van der Waals surface area contributed by atoms with Gasteiger partial charge in [-0.3, -0.25) is 14.5 Å². The number of ether oxygens (including phenoxy) is 1. The standard InChI is InChI=1S/C13H21BrN2O4/c1-13(2)11(18)16(12(19)15(13)3)7-5-6-9(8-14)10(17)20-4/h9H,5-8H2,1-4H3. The van der Waals surface area contributed by atoms with E-state index in [0.717, 1.165) is 0 Å². The van der Waals surface area contributed by atoms with Gasteiger partial charge in [0.25, 0.3) is 5.91 Å². The minimum absolute atomic E-state index is 0.196.